The number of hydrogen-bond acceptors (Lipinski definition) is 9. The molecule has 0 atom stereocenters. The van der Waals surface area contributed by atoms with E-state index < -0.39 is 27.5 Å². The molecule has 0 heterocycles. The van der Waals surface area contributed by atoms with Crippen LogP contribution in [0.3, 0.4) is 0 Å². The SMILES string of the molecule is O=[Si]([O-])[O-].O=[Si]([O-])[O-].O=[Si]([O-])[O-].[Al+3].[Al+3].[BaH2].[BaH2].[SrH2].[SrH2]. The maximum absolute atomic E-state index is 8.52. The molecular weight excluding hydrogens is 732 g/mol. The van der Waals surface area contributed by atoms with E-state index in [0.29, 0.717) is 0 Å². The van der Waals surface area contributed by atoms with Crippen molar-refractivity contribution in [3.05, 3.63) is 0 Å². The molecule has 18 heavy (non-hydrogen) atoms. The first-order valence-electron chi connectivity index (χ1n) is 1.84. The third-order valence-corrected chi connectivity index (χ3v) is 0. The van der Waals surface area contributed by atoms with Crippen LogP contribution < -0.4 is 28.8 Å². The van der Waals surface area contributed by atoms with Crippen molar-refractivity contribution in [2.75, 3.05) is 0 Å². The summed E-state index contributed by atoms with van der Waals surface area (Å²) in [5, 5.41) is 0. The van der Waals surface area contributed by atoms with Gasteiger partial charge in [-0.15, -0.1) is 0 Å². The summed E-state index contributed by atoms with van der Waals surface area (Å²) in [6.07, 6.45) is 0. The van der Waals surface area contributed by atoms with Crippen LogP contribution in [-0.2, 0) is 13.4 Å². The summed E-state index contributed by atoms with van der Waals surface area (Å²) in [6, 6.07) is 0. The quantitative estimate of drug-likeness (QED) is 0.217. The van der Waals surface area contributed by atoms with Gasteiger partial charge in [0.25, 0.3) is 0 Å². The van der Waals surface area contributed by atoms with Gasteiger partial charge in [-0.05, 0) is 0 Å². The zero-order valence-electron chi connectivity index (χ0n) is 6.33. The van der Waals surface area contributed by atoms with Crippen LogP contribution in [0.15, 0.2) is 0 Å². The first kappa shape index (κ1) is 56.4. The van der Waals surface area contributed by atoms with Gasteiger partial charge in [0, 0.05) is 27.5 Å². The van der Waals surface area contributed by atoms with Gasteiger partial charge in [0.1, 0.15) is 0 Å². The van der Waals surface area contributed by atoms with Gasteiger partial charge in [0.15, 0.2) is 0 Å². The molecule has 0 radical (unpaired) electrons. The van der Waals surface area contributed by atoms with E-state index >= 15 is 0 Å². The van der Waals surface area contributed by atoms with Crippen molar-refractivity contribution in [1.29, 1.82) is 0 Å². The van der Waals surface area contributed by atoms with Crippen molar-refractivity contribution in [2.45, 2.75) is 0 Å². The fourth-order valence-corrected chi connectivity index (χ4v) is 0. The zero-order chi connectivity index (χ0) is 10.7. The monoisotopic (exact) mass is 742 g/mol. The molecule has 88 valence electrons. The Bertz CT molecular complexity index is 133. The summed E-state index contributed by atoms with van der Waals surface area (Å²) in [6.45, 7) is 0. The molecule has 0 aromatic carbocycles. The van der Waals surface area contributed by atoms with Gasteiger partial charge in [-0.3, -0.25) is 0 Å². The van der Waals surface area contributed by atoms with Gasteiger partial charge >= 0.3 is 223 Å². The molecule has 0 amide bonds. The fourth-order valence-electron chi connectivity index (χ4n) is 0. The molecule has 0 aliphatic rings. The van der Waals surface area contributed by atoms with Gasteiger partial charge in [0.2, 0.25) is 0 Å². The van der Waals surface area contributed by atoms with Crippen molar-refractivity contribution in [2.24, 2.45) is 0 Å². The van der Waals surface area contributed by atoms with Gasteiger partial charge in [0.05, 0.1) is 0 Å². The molecule has 0 rings (SSSR count). The minimum absolute atomic E-state index is 0. The Labute approximate surface area is 284 Å². The molecule has 0 aromatic rings. The van der Waals surface area contributed by atoms with Gasteiger partial charge in [-0.25, -0.2) is 0 Å². The molecule has 0 N–H and O–H groups in total. The average molecular weight is 740 g/mol. The van der Waals surface area contributed by atoms with Crippen molar-refractivity contribution >= 4 is 251 Å². The average Bonchev–Trinajstić information content (AvgIpc) is 1.54. The molecule has 0 bridgehead atoms. The van der Waals surface area contributed by atoms with Crippen LogP contribution in [0.2, 0.25) is 0 Å². The van der Waals surface area contributed by atoms with E-state index in [1.807, 2.05) is 0 Å². The maximum atomic E-state index is 8.52. The molecule has 0 fully saturated rings. The minimum atomic E-state index is -3.63. The number of hydrogen-bond donors (Lipinski definition) is 0. The molecule has 0 aliphatic heterocycles. The van der Waals surface area contributed by atoms with E-state index in [2.05, 4.69) is 0 Å². The topological polar surface area (TPSA) is 190 Å². The molecule has 0 spiro atoms. The summed E-state index contributed by atoms with van der Waals surface area (Å²) >= 11 is 0. The summed E-state index contributed by atoms with van der Waals surface area (Å²) in [4.78, 5) is 51.1. The Hall–Kier alpha value is 6.02. The van der Waals surface area contributed by atoms with Crippen molar-refractivity contribution in [3.63, 3.8) is 0 Å². The van der Waals surface area contributed by atoms with E-state index in [-0.39, 0.29) is 223 Å². The first-order chi connectivity index (χ1) is 5.20. The van der Waals surface area contributed by atoms with Crippen LogP contribution in [-0.4, -0.2) is 251 Å². The Balaban J connectivity index is -0.00000000827. The summed E-state index contributed by atoms with van der Waals surface area (Å²) in [7, 11) is -10.9. The molecule has 18 heteroatoms. The summed E-state index contributed by atoms with van der Waals surface area (Å²) in [5.74, 6) is 0. The Morgan fingerprint density at radius 1 is 0.500 bits per heavy atom. The van der Waals surface area contributed by atoms with E-state index in [9.17, 15) is 0 Å². The van der Waals surface area contributed by atoms with Crippen LogP contribution in [0.1, 0.15) is 0 Å². The second kappa shape index (κ2) is 49.5. The fraction of sp³-hybridized carbons (Fsp3) is 0. The van der Waals surface area contributed by atoms with Crippen LogP contribution >= 0.6 is 0 Å². The first-order valence-corrected chi connectivity index (χ1v) is 5.51. The molecule has 0 saturated carbocycles. The molecule has 9 nitrogen and oxygen atoms in total. The molecule has 0 aromatic heterocycles. The van der Waals surface area contributed by atoms with E-state index in [1.54, 1.807) is 0 Å². The van der Waals surface area contributed by atoms with Crippen LogP contribution in [0.25, 0.3) is 0 Å². The van der Waals surface area contributed by atoms with Crippen molar-refractivity contribution in [1.82, 2.24) is 0 Å². The van der Waals surface area contributed by atoms with E-state index in [4.69, 9.17) is 42.2 Å². The standard InChI is InChI=1S/2Al.2Ba.3O3Si.2Sr.8H/c;;;;3*1-4(2)3;;;;;;;;;;/q2*+3;;;3*-2;;;;;;;;;;. The molecule has 0 aliphatic carbocycles. The van der Waals surface area contributed by atoms with Gasteiger partial charge in [-0.1, -0.05) is 0 Å². The molecule has 0 saturated heterocycles. The zero-order valence-corrected chi connectivity index (χ0v) is 11.6. The Morgan fingerprint density at radius 3 is 0.500 bits per heavy atom. The van der Waals surface area contributed by atoms with Crippen LogP contribution in [0.5, 0.6) is 0 Å². The van der Waals surface area contributed by atoms with Crippen LogP contribution in [0, 0.1) is 0 Å². The number of rotatable bonds is 0. The van der Waals surface area contributed by atoms with E-state index in [1.165, 1.54) is 0 Å². The molecular formula is H8Al2Ba2O9Si3Sr2. The third-order valence-electron chi connectivity index (χ3n) is 0. The summed E-state index contributed by atoms with van der Waals surface area (Å²) < 4.78 is 25.6. The third kappa shape index (κ3) is 268. The predicted molar refractivity (Wildman–Crippen MR) is 65.0 cm³/mol. The van der Waals surface area contributed by atoms with Crippen molar-refractivity contribution < 1.29 is 42.2 Å². The second-order valence-corrected chi connectivity index (χ2v) is 2.25. The normalized spacial score (nSPS) is 4.00. The Kier molecular flexibility index (Phi) is 155. The second-order valence-electron chi connectivity index (χ2n) is 0.750. The predicted octanol–water partition coefficient (Wildman–Crippen LogP) is -13.1. The van der Waals surface area contributed by atoms with Gasteiger partial charge in [-0.2, -0.15) is 0 Å². The van der Waals surface area contributed by atoms with Crippen LogP contribution in [0.4, 0.5) is 0 Å². The van der Waals surface area contributed by atoms with E-state index in [0.717, 1.165) is 0 Å². The van der Waals surface area contributed by atoms with Crippen molar-refractivity contribution in [3.8, 4) is 0 Å². The van der Waals surface area contributed by atoms with Gasteiger partial charge < -0.3 is 42.2 Å². The Morgan fingerprint density at radius 2 is 0.500 bits per heavy atom. The molecule has 0 unspecified atom stereocenters. The summed E-state index contributed by atoms with van der Waals surface area (Å²) in [5.41, 5.74) is 0.